The van der Waals surface area contributed by atoms with Gasteiger partial charge in [0.1, 0.15) is 10.4 Å². The summed E-state index contributed by atoms with van der Waals surface area (Å²) in [5.41, 5.74) is 0. The number of unbranched alkanes of at least 4 members (excludes halogenated alkanes) is 26. The first-order valence-corrected chi connectivity index (χ1v) is 20.3. The van der Waals surface area contributed by atoms with E-state index in [1.165, 1.54) is 167 Å². The quantitative estimate of drug-likeness (QED) is 0.0373. The standard InChI is InChI=1S/C39H77BrO4/c1-5-7-9-11-13-15-17-19-21-23-25-27-29-31-33-42-35-37(44-38(41)39(3,4)40)36-43-34-32-30-28-26-24-22-20-18-16-14-12-10-8-6-2/h37H,5-36H2,1-4H3. The third-order valence-electron chi connectivity index (χ3n) is 8.65. The van der Waals surface area contributed by atoms with Crippen LogP contribution in [-0.2, 0) is 19.0 Å². The van der Waals surface area contributed by atoms with Crippen LogP contribution < -0.4 is 0 Å². The maximum atomic E-state index is 12.4. The van der Waals surface area contributed by atoms with Gasteiger partial charge in [-0.1, -0.05) is 197 Å². The first kappa shape index (κ1) is 43.9. The van der Waals surface area contributed by atoms with Gasteiger partial charge in [-0.15, -0.1) is 0 Å². The number of rotatable bonds is 36. The van der Waals surface area contributed by atoms with Crippen LogP contribution in [0.4, 0.5) is 0 Å². The third-order valence-corrected chi connectivity index (χ3v) is 8.97. The van der Waals surface area contributed by atoms with Crippen LogP contribution in [0.5, 0.6) is 0 Å². The SMILES string of the molecule is CCCCCCCCCCCCCCCCOCC(COCCCCCCCCCCCCCCCC)OC(=O)C(C)(C)Br. The van der Waals surface area contributed by atoms with Gasteiger partial charge in [0.05, 0.1) is 13.2 Å². The number of halogens is 1. The molecule has 264 valence electrons. The minimum atomic E-state index is -0.700. The molecule has 0 rings (SSSR count). The molecular formula is C39H77BrO4. The van der Waals surface area contributed by atoms with Gasteiger partial charge in [-0.3, -0.25) is 4.79 Å². The lowest BCUT2D eigenvalue weighted by molar-refractivity contribution is -0.158. The van der Waals surface area contributed by atoms with Crippen molar-refractivity contribution in [1.29, 1.82) is 0 Å². The Labute approximate surface area is 284 Å². The van der Waals surface area contributed by atoms with Crippen LogP contribution in [0.2, 0.25) is 0 Å². The van der Waals surface area contributed by atoms with E-state index in [0.29, 0.717) is 13.2 Å². The van der Waals surface area contributed by atoms with E-state index in [9.17, 15) is 4.79 Å². The molecule has 0 aliphatic carbocycles. The van der Waals surface area contributed by atoms with E-state index in [4.69, 9.17) is 14.2 Å². The van der Waals surface area contributed by atoms with E-state index >= 15 is 0 Å². The first-order valence-electron chi connectivity index (χ1n) is 19.5. The van der Waals surface area contributed by atoms with Crippen LogP contribution in [0.15, 0.2) is 0 Å². The summed E-state index contributed by atoms with van der Waals surface area (Å²) in [6.07, 6.45) is 37.6. The first-order chi connectivity index (χ1) is 21.4. The van der Waals surface area contributed by atoms with Crippen molar-refractivity contribution >= 4 is 21.9 Å². The number of hydrogen-bond donors (Lipinski definition) is 0. The fourth-order valence-corrected chi connectivity index (χ4v) is 5.73. The number of hydrogen-bond acceptors (Lipinski definition) is 4. The predicted octanol–water partition coefficient (Wildman–Crippen LogP) is 13.1. The predicted molar refractivity (Wildman–Crippen MR) is 195 cm³/mol. The van der Waals surface area contributed by atoms with Crippen molar-refractivity contribution in [3.63, 3.8) is 0 Å². The van der Waals surface area contributed by atoms with E-state index in [-0.39, 0.29) is 12.1 Å². The molecule has 0 aromatic carbocycles. The molecule has 44 heavy (non-hydrogen) atoms. The zero-order valence-corrected chi connectivity index (χ0v) is 31.8. The normalized spacial score (nSPS) is 12.0. The summed E-state index contributed by atoms with van der Waals surface area (Å²) >= 11 is 3.42. The Morgan fingerprint density at radius 3 is 0.977 bits per heavy atom. The molecule has 0 N–H and O–H groups in total. The Hall–Kier alpha value is -0.130. The number of alkyl halides is 1. The lowest BCUT2D eigenvalue weighted by atomic mass is 10.0. The van der Waals surface area contributed by atoms with E-state index in [2.05, 4.69) is 29.8 Å². The molecule has 0 aromatic heterocycles. The molecule has 0 aliphatic rings. The highest BCUT2D eigenvalue weighted by Crippen LogP contribution is 2.19. The number of carbonyl (C=O) groups excluding carboxylic acids is 1. The lowest BCUT2D eigenvalue weighted by Crippen LogP contribution is -2.35. The van der Waals surface area contributed by atoms with Gasteiger partial charge in [0, 0.05) is 13.2 Å². The van der Waals surface area contributed by atoms with Crippen LogP contribution in [0, 0.1) is 0 Å². The van der Waals surface area contributed by atoms with E-state index < -0.39 is 4.32 Å². The zero-order chi connectivity index (χ0) is 32.4. The summed E-state index contributed by atoms with van der Waals surface area (Å²) < 4.78 is 16.9. The summed E-state index contributed by atoms with van der Waals surface area (Å²) in [6, 6.07) is 0. The highest BCUT2D eigenvalue weighted by Gasteiger charge is 2.28. The van der Waals surface area contributed by atoms with E-state index in [1.54, 1.807) is 0 Å². The highest BCUT2D eigenvalue weighted by atomic mass is 79.9. The molecule has 0 amide bonds. The van der Waals surface area contributed by atoms with Crippen LogP contribution in [-0.4, -0.2) is 42.8 Å². The summed E-state index contributed by atoms with van der Waals surface area (Å²) in [6.45, 7) is 10.5. The molecule has 5 heteroatoms. The molecule has 4 nitrogen and oxygen atoms in total. The number of esters is 1. The Balaban J connectivity index is 3.76. The molecule has 0 aliphatic heterocycles. The monoisotopic (exact) mass is 689 g/mol. The molecule has 0 spiro atoms. The highest BCUT2D eigenvalue weighted by molar-refractivity contribution is 9.10. The van der Waals surface area contributed by atoms with Gasteiger partial charge in [-0.05, 0) is 26.7 Å². The molecule has 0 radical (unpaired) electrons. The maximum absolute atomic E-state index is 12.4. The van der Waals surface area contributed by atoms with E-state index in [0.717, 1.165) is 26.1 Å². The van der Waals surface area contributed by atoms with Crippen LogP contribution in [0.25, 0.3) is 0 Å². The topological polar surface area (TPSA) is 44.8 Å². The van der Waals surface area contributed by atoms with Crippen LogP contribution in [0.1, 0.15) is 207 Å². The minimum absolute atomic E-state index is 0.261. The Kier molecular flexibility index (Phi) is 34.1. The second kappa shape index (κ2) is 34.2. The van der Waals surface area contributed by atoms with Gasteiger partial charge in [0.2, 0.25) is 0 Å². The van der Waals surface area contributed by atoms with Crippen molar-refractivity contribution in [2.24, 2.45) is 0 Å². The Morgan fingerprint density at radius 2 is 0.727 bits per heavy atom. The molecule has 0 heterocycles. The maximum Gasteiger partial charge on any atom is 0.322 e. The number of carbonyl (C=O) groups is 1. The van der Waals surface area contributed by atoms with Gasteiger partial charge in [-0.2, -0.15) is 0 Å². The molecule has 0 unspecified atom stereocenters. The van der Waals surface area contributed by atoms with Gasteiger partial charge in [0.15, 0.2) is 0 Å². The van der Waals surface area contributed by atoms with Crippen molar-refractivity contribution < 1.29 is 19.0 Å². The Morgan fingerprint density at radius 1 is 0.477 bits per heavy atom. The van der Waals surface area contributed by atoms with Gasteiger partial charge in [0.25, 0.3) is 0 Å². The van der Waals surface area contributed by atoms with Gasteiger partial charge in [-0.25, -0.2) is 0 Å². The van der Waals surface area contributed by atoms with Crippen molar-refractivity contribution in [3.8, 4) is 0 Å². The molecule has 0 aromatic rings. The summed E-state index contributed by atoms with van der Waals surface area (Å²) in [5.74, 6) is -0.261. The molecule has 0 fully saturated rings. The second-order valence-corrected chi connectivity index (χ2v) is 15.8. The summed E-state index contributed by atoms with van der Waals surface area (Å²) in [7, 11) is 0. The van der Waals surface area contributed by atoms with Gasteiger partial charge >= 0.3 is 5.97 Å². The average Bonchev–Trinajstić information content (AvgIpc) is 2.99. The van der Waals surface area contributed by atoms with Crippen LogP contribution >= 0.6 is 15.9 Å². The summed E-state index contributed by atoms with van der Waals surface area (Å²) in [5, 5.41) is 0. The Bertz CT molecular complexity index is 541. The summed E-state index contributed by atoms with van der Waals surface area (Å²) in [4.78, 5) is 12.4. The van der Waals surface area contributed by atoms with E-state index in [1.807, 2.05) is 13.8 Å². The smallest absolute Gasteiger partial charge is 0.322 e. The van der Waals surface area contributed by atoms with Crippen molar-refractivity contribution in [2.75, 3.05) is 26.4 Å². The average molecular weight is 690 g/mol. The fourth-order valence-electron chi connectivity index (χ4n) is 5.63. The van der Waals surface area contributed by atoms with Crippen molar-refractivity contribution in [3.05, 3.63) is 0 Å². The molecule has 0 saturated heterocycles. The molecular weight excluding hydrogens is 612 g/mol. The van der Waals surface area contributed by atoms with Crippen molar-refractivity contribution in [1.82, 2.24) is 0 Å². The number of ether oxygens (including phenoxy) is 3. The molecule has 0 bridgehead atoms. The largest absolute Gasteiger partial charge is 0.456 e. The third kappa shape index (κ3) is 33.2. The zero-order valence-electron chi connectivity index (χ0n) is 30.2. The molecule has 0 saturated carbocycles. The van der Waals surface area contributed by atoms with Gasteiger partial charge < -0.3 is 14.2 Å². The molecule has 0 atom stereocenters. The minimum Gasteiger partial charge on any atom is -0.456 e. The second-order valence-electron chi connectivity index (χ2n) is 13.8. The van der Waals surface area contributed by atoms with Crippen LogP contribution in [0.3, 0.4) is 0 Å². The lowest BCUT2D eigenvalue weighted by Gasteiger charge is -2.22. The van der Waals surface area contributed by atoms with Crippen molar-refractivity contribution in [2.45, 2.75) is 218 Å². The fraction of sp³-hybridized carbons (Fsp3) is 0.974.